The van der Waals surface area contributed by atoms with Crippen LogP contribution in [0.1, 0.15) is 75.1 Å². The largest absolute Gasteiger partial charge is 0.508 e. The fraction of sp³-hybridized carbons (Fsp3) is 0.583. The average molecular weight is 417 g/mol. The van der Waals surface area contributed by atoms with Gasteiger partial charge in [-0.1, -0.05) is 39.0 Å². The minimum Gasteiger partial charge on any atom is -0.508 e. The highest BCUT2D eigenvalue weighted by atomic mass is 16.5. The van der Waals surface area contributed by atoms with Crippen LogP contribution in [0, 0.1) is 0 Å². The van der Waals surface area contributed by atoms with Gasteiger partial charge in [0, 0.05) is 44.2 Å². The zero-order valence-corrected chi connectivity index (χ0v) is 18.7. The van der Waals surface area contributed by atoms with Gasteiger partial charge in [0.1, 0.15) is 5.75 Å². The van der Waals surface area contributed by atoms with E-state index >= 15 is 0 Å². The number of aromatic hydroxyl groups is 1. The molecule has 2 aromatic rings. The second-order valence-electron chi connectivity index (χ2n) is 8.03. The second kappa shape index (κ2) is 12.3. The Balaban J connectivity index is 1.58. The van der Waals surface area contributed by atoms with Crippen molar-refractivity contribution in [3.8, 4) is 5.75 Å². The molecule has 0 aliphatic heterocycles. The Morgan fingerprint density at radius 2 is 1.77 bits per heavy atom. The van der Waals surface area contributed by atoms with Gasteiger partial charge < -0.3 is 19.3 Å². The topological polar surface area (TPSA) is 71.8 Å². The maximum Gasteiger partial charge on any atom is 0.340 e. The fourth-order valence-corrected chi connectivity index (χ4v) is 3.58. The second-order valence-corrected chi connectivity index (χ2v) is 8.03. The third kappa shape index (κ3) is 7.08. The number of ether oxygens (including phenoxy) is 1. The van der Waals surface area contributed by atoms with Gasteiger partial charge in [-0.05, 0) is 37.5 Å². The van der Waals surface area contributed by atoms with Crippen molar-refractivity contribution in [2.45, 2.75) is 64.7 Å². The number of phenols is 1. The number of rotatable bonds is 13. The van der Waals surface area contributed by atoms with Crippen LogP contribution in [0.15, 0.2) is 24.4 Å². The molecule has 6 heteroatoms. The van der Waals surface area contributed by atoms with Gasteiger partial charge in [0.2, 0.25) is 5.91 Å². The van der Waals surface area contributed by atoms with E-state index in [2.05, 4.69) is 6.92 Å². The summed E-state index contributed by atoms with van der Waals surface area (Å²) in [5, 5.41) is 10.4. The number of unbranched alkanes of at least 4 members (excludes halogenated alkanes) is 6. The first kappa shape index (κ1) is 23.8. The minimum atomic E-state index is -0.350. The van der Waals surface area contributed by atoms with Crippen molar-refractivity contribution in [2.75, 3.05) is 20.2 Å². The quantitative estimate of drug-likeness (QED) is 0.367. The summed E-state index contributed by atoms with van der Waals surface area (Å²) in [6.45, 7) is 3.39. The van der Waals surface area contributed by atoms with E-state index in [0.29, 0.717) is 24.0 Å². The Kier molecular flexibility index (Phi) is 9.71. The molecule has 0 saturated carbocycles. The molecule has 30 heavy (non-hydrogen) atoms. The van der Waals surface area contributed by atoms with E-state index in [1.54, 1.807) is 24.4 Å². The zero-order valence-electron chi connectivity index (χ0n) is 18.7. The van der Waals surface area contributed by atoms with Crippen LogP contribution in [0.2, 0.25) is 0 Å². The molecular weight excluding hydrogens is 380 g/mol. The van der Waals surface area contributed by atoms with Gasteiger partial charge in [-0.15, -0.1) is 0 Å². The standard InChI is InChI=1S/C24H36N2O4/c1-4-5-15-25(2)23(28)12-10-8-6-7-9-11-16-30-24(29)21-18-26(3)22-14-13-19(27)17-20(21)22/h13-14,17-18,27H,4-12,15-16H2,1-3H3. The van der Waals surface area contributed by atoms with Gasteiger partial charge in [0.25, 0.3) is 0 Å². The number of carbonyl (C=O) groups is 2. The Labute approximate surface area is 179 Å². The van der Waals surface area contributed by atoms with Gasteiger partial charge in [0.05, 0.1) is 12.2 Å². The molecule has 1 amide bonds. The number of fused-ring (bicyclic) bond motifs is 1. The van der Waals surface area contributed by atoms with E-state index in [0.717, 1.165) is 63.4 Å². The molecule has 1 N–H and O–H groups in total. The van der Waals surface area contributed by atoms with E-state index in [1.807, 2.05) is 23.6 Å². The fourth-order valence-electron chi connectivity index (χ4n) is 3.58. The van der Waals surface area contributed by atoms with E-state index in [-0.39, 0.29) is 17.6 Å². The predicted molar refractivity (Wildman–Crippen MR) is 120 cm³/mol. The Morgan fingerprint density at radius 1 is 1.07 bits per heavy atom. The Morgan fingerprint density at radius 3 is 2.50 bits per heavy atom. The number of amides is 1. The van der Waals surface area contributed by atoms with Crippen LogP contribution < -0.4 is 0 Å². The molecule has 0 bridgehead atoms. The lowest BCUT2D eigenvalue weighted by molar-refractivity contribution is -0.130. The molecule has 0 unspecified atom stereocenters. The molecule has 1 aromatic heterocycles. The van der Waals surface area contributed by atoms with Gasteiger partial charge >= 0.3 is 5.97 Å². The number of carbonyl (C=O) groups excluding carboxylic acids is 2. The molecule has 166 valence electrons. The molecule has 6 nitrogen and oxygen atoms in total. The monoisotopic (exact) mass is 416 g/mol. The Bertz CT molecular complexity index is 828. The van der Waals surface area contributed by atoms with Gasteiger partial charge in [-0.3, -0.25) is 4.79 Å². The lowest BCUT2D eigenvalue weighted by Gasteiger charge is -2.16. The van der Waals surface area contributed by atoms with E-state index in [1.165, 1.54) is 0 Å². The van der Waals surface area contributed by atoms with Crippen LogP contribution in [0.5, 0.6) is 5.75 Å². The predicted octanol–water partition coefficient (Wildman–Crippen LogP) is 5.03. The highest BCUT2D eigenvalue weighted by molar-refractivity contribution is 6.04. The van der Waals surface area contributed by atoms with E-state index < -0.39 is 0 Å². The number of esters is 1. The van der Waals surface area contributed by atoms with Crippen molar-refractivity contribution in [3.05, 3.63) is 30.0 Å². The molecular formula is C24H36N2O4. The van der Waals surface area contributed by atoms with Crippen LogP contribution in [-0.4, -0.2) is 46.6 Å². The first-order valence-corrected chi connectivity index (χ1v) is 11.1. The van der Waals surface area contributed by atoms with E-state index in [4.69, 9.17) is 4.74 Å². The number of benzene rings is 1. The zero-order chi connectivity index (χ0) is 21.9. The summed E-state index contributed by atoms with van der Waals surface area (Å²) in [5.74, 6) is 0.0334. The molecule has 0 radical (unpaired) electrons. The molecule has 1 aromatic carbocycles. The summed E-state index contributed by atoms with van der Waals surface area (Å²) < 4.78 is 7.28. The van der Waals surface area contributed by atoms with Crippen molar-refractivity contribution in [2.24, 2.45) is 7.05 Å². The summed E-state index contributed by atoms with van der Waals surface area (Å²) in [7, 11) is 3.76. The molecule has 0 saturated heterocycles. The molecule has 0 aliphatic carbocycles. The summed E-state index contributed by atoms with van der Waals surface area (Å²) in [6, 6.07) is 4.99. The van der Waals surface area contributed by atoms with Crippen molar-refractivity contribution < 1.29 is 19.4 Å². The number of aryl methyl sites for hydroxylation is 1. The van der Waals surface area contributed by atoms with Crippen molar-refractivity contribution in [3.63, 3.8) is 0 Å². The van der Waals surface area contributed by atoms with Crippen molar-refractivity contribution in [1.82, 2.24) is 9.47 Å². The first-order chi connectivity index (χ1) is 14.4. The van der Waals surface area contributed by atoms with Crippen LogP contribution >= 0.6 is 0 Å². The molecule has 2 rings (SSSR count). The SMILES string of the molecule is CCCCN(C)C(=O)CCCCCCCCOC(=O)c1cn(C)c2ccc(O)cc12. The molecule has 1 heterocycles. The molecule has 0 fully saturated rings. The lowest BCUT2D eigenvalue weighted by Crippen LogP contribution is -2.27. The molecule has 0 atom stereocenters. The number of phenolic OH excluding ortho intramolecular Hbond substituents is 1. The van der Waals surface area contributed by atoms with E-state index in [9.17, 15) is 14.7 Å². The van der Waals surface area contributed by atoms with Crippen LogP contribution in [-0.2, 0) is 16.6 Å². The number of hydrogen-bond donors (Lipinski definition) is 1. The summed E-state index contributed by atoms with van der Waals surface area (Å²) in [6.07, 6.45) is 10.6. The molecule has 0 aliphatic rings. The third-order valence-corrected chi connectivity index (χ3v) is 5.48. The smallest absolute Gasteiger partial charge is 0.340 e. The number of nitrogens with zero attached hydrogens (tertiary/aromatic N) is 2. The van der Waals surface area contributed by atoms with Crippen LogP contribution in [0.25, 0.3) is 10.9 Å². The van der Waals surface area contributed by atoms with Gasteiger partial charge in [-0.2, -0.15) is 0 Å². The first-order valence-electron chi connectivity index (χ1n) is 11.1. The van der Waals surface area contributed by atoms with Crippen LogP contribution in [0.4, 0.5) is 0 Å². The minimum absolute atomic E-state index is 0.136. The maximum atomic E-state index is 12.4. The number of aromatic nitrogens is 1. The third-order valence-electron chi connectivity index (χ3n) is 5.48. The van der Waals surface area contributed by atoms with Gasteiger partial charge in [-0.25, -0.2) is 4.79 Å². The Hall–Kier alpha value is -2.50. The summed E-state index contributed by atoms with van der Waals surface area (Å²) >= 11 is 0. The normalized spacial score (nSPS) is 11.0. The lowest BCUT2D eigenvalue weighted by atomic mass is 10.1. The number of hydrogen-bond acceptors (Lipinski definition) is 4. The highest BCUT2D eigenvalue weighted by Gasteiger charge is 2.15. The summed E-state index contributed by atoms with van der Waals surface area (Å²) in [5.41, 5.74) is 1.37. The average Bonchev–Trinajstić information content (AvgIpc) is 3.06. The highest BCUT2D eigenvalue weighted by Crippen LogP contribution is 2.25. The van der Waals surface area contributed by atoms with Crippen molar-refractivity contribution >= 4 is 22.8 Å². The summed E-state index contributed by atoms with van der Waals surface area (Å²) in [4.78, 5) is 26.2. The van der Waals surface area contributed by atoms with Crippen molar-refractivity contribution in [1.29, 1.82) is 0 Å². The molecule has 0 spiro atoms. The van der Waals surface area contributed by atoms with Gasteiger partial charge in [0.15, 0.2) is 0 Å². The maximum absolute atomic E-state index is 12.4. The van der Waals surface area contributed by atoms with Crippen LogP contribution in [0.3, 0.4) is 0 Å².